The molecule has 29 heavy (non-hydrogen) atoms. The number of halogens is 1. The molecule has 2 aromatic carbocycles. The third-order valence-electron chi connectivity index (χ3n) is 4.38. The van der Waals surface area contributed by atoms with E-state index in [1.165, 1.54) is 30.2 Å². The predicted molar refractivity (Wildman–Crippen MR) is 108 cm³/mol. The first kappa shape index (κ1) is 17.6. The Kier molecular flexibility index (Phi) is 4.53. The minimum Gasteiger partial charge on any atom is -0.360 e. The molecule has 0 atom stereocenters. The van der Waals surface area contributed by atoms with Crippen LogP contribution >= 0.6 is 11.8 Å². The fourth-order valence-electron chi connectivity index (χ4n) is 2.97. The number of thioether (sulfide) groups is 1. The quantitative estimate of drug-likeness (QED) is 0.307. The van der Waals surface area contributed by atoms with Gasteiger partial charge in [0.15, 0.2) is 5.65 Å². The molecular formula is C21H14FN5OS. The summed E-state index contributed by atoms with van der Waals surface area (Å²) in [6, 6.07) is 17.9. The average Bonchev–Trinajstić information content (AvgIpc) is 3.41. The molecule has 0 N–H and O–H groups in total. The average molecular weight is 403 g/mol. The molecule has 3 heterocycles. The highest BCUT2D eigenvalue weighted by molar-refractivity contribution is 7.98. The lowest BCUT2D eigenvalue weighted by molar-refractivity contribution is 0.397. The fraction of sp³-hybridized carbons (Fsp3) is 0.0476. The van der Waals surface area contributed by atoms with E-state index in [0.717, 1.165) is 33.1 Å². The third kappa shape index (κ3) is 3.50. The largest absolute Gasteiger partial charge is 0.360 e. The molecule has 0 saturated heterocycles. The minimum absolute atomic E-state index is 0.294. The number of hydrogen-bond donors (Lipinski definition) is 0. The molecule has 0 aliphatic heterocycles. The van der Waals surface area contributed by atoms with Crippen molar-refractivity contribution in [1.29, 1.82) is 0 Å². The molecule has 0 bridgehead atoms. The van der Waals surface area contributed by atoms with Gasteiger partial charge in [0.1, 0.15) is 28.6 Å². The Balaban J connectivity index is 1.39. The van der Waals surface area contributed by atoms with Gasteiger partial charge >= 0.3 is 0 Å². The summed E-state index contributed by atoms with van der Waals surface area (Å²) < 4.78 is 20.3. The molecule has 0 saturated carbocycles. The van der Waals surface area contributed by atoms with E-state index in [9.17, 15) is 4.39 Å². The Morgan fingerprint density at radius 3 is 2.66 bits per heavy atom. The van der Waals surface area contributed by atoms with E-state index in [1.807, 2.05) is 36.4 Å². The molecule has 5 rings (SSSR count). The van der Waals surface area contributed by atoms with Crippen LogP contribution < -0.4 is 0 Å². The maximum absolute atomic E-state index is 13.2. The number of rotatable bonds is 5. The number of nitrogens with zero attached hydrogens (tertiary/aromatic N) is 5. The van der Waals surface area contributed by atoms with Gasteiger partial charge in [-0.1, -0.05) is 47.3 Å². The smallest absolute Gasteiger partial charge is 0.167 e. The lowest BCUT2D eigenvalue weighted by Gasteiger charge is -2.03. The first-order chi connectivity index (χ1) is 14.3. The van der Waals surface area contributed by atoms with Gasteiger partial charge in [0.05, 0.1) is 23.0 Å². The van der Waals surface area contributed by atoms with Crippen molar-refractivity contribution in [2.45, 2.75) is 10.8 Å². The topological polar surface area (TPSA) is 69.6 Å². The van der Waals surface area contributed by atoms with Crippen molar-refractivity contribution in [3.8, 4) is 16.9 Å². The zero-order chi connectivity index (χ0) is 19.6. The fourth-order valence-corrected chi connectivity index (χ4v) is 3.81. The highest BCUT2D eigenvalue weighted by atomic mass is 32.2. The summed E-state index contributed by atoms with van der Waals surface area (Å²) in [5.41, 5.74) is 3.21. The summed E-state index contributed by atoms with van der Waals surface area (Å²) in [4.78, 5) is 8.73. The normalized spacial score (nSPS) is 11.2. The number of hydrogen-bond acceptors (Lipinski definition) is 6. The summed E-state index contributed by atoms with van der Waals surface area (Å²) in [6.45, 7) is 0. The van der Waals surface area contributed by atoms with E-state index in [2.05, 4.69) is 20.2 Å². The molecule has 0 amide bonds. The van der Waals surface area contributed by atoms with Crippen molar-refractivity contribution < 1.29 is 8.91 Å². The van der Waals surface area contributed by atoms with Crippen molar-refractivity contribution >= 4 is 22.8 Å². The molecule has 0 aliphatic carbocycles. The summed E-state index contributed by atoms with van der Waals surface area (Å²) in [7, 11) is 0. The predicted octanol–water partition coefficient (Wildman–Crippen LogP) is 4.90. The van der Waals surface area contributed by atoms with Gasteiger partial charge in [-0.15, -0.1) is 0 Å². The van der Waals surface area contributed by atoms with Crippen LogP contribution in [0, 0.1) is 5.82 Å². The Labute approximate surface area is 169 Å². The van der Waals surface area contributed by atoms with Crippen LogP contribution in [-0.4, -0.2) is 24.9 Å². The second kappa shape index (κ2) is 7.48. The van der Waals surface area contributed by atoms with Gasteiger partial charge in [-0.2, -0.15) is 5.10 Å². The van der Waals surface area contributed by atoms with E-state index in [1.54, 1.807) is 23.0 Å². The molecule has 3 aromatic heterocycles. The molecule has 0 fully saturated rings. The molecular weight excluding hydrogens is 389 g/mol. The van der Waals surface area contributed by atoms with Crippen LogP contribution in [0.5, 0.6) is 0 Å². The molecule has 0 aliphatic rings. The van der Waals surface area contributed by atoms with E-state index in [4.69, 9.17) is 4.52 Å². The second-order valence-corrected chi connectivity index (χ2v) is 7.25. The summed E-state index contributed by atoms with van der Waals surface area (Å²) in [5, 5.41) is 10.2. The number of aromatic nitrogens is 5. The molecule has 0 spiro atoms. The van der Waals surface area contributed by atoms with Crippen LogP contribution in [0.1, 0.15) is 5.76 Å². The summed E-state index contributed by atoms with van der Waals surface area (Å²) in [5.74, 6) is 1.04. The molecule has 5 aromatic rings. The molecule has 142 valence electrons. The SMILES string of the molecule is Fc1ccc(-n2ncc3c(SCc4cc(-c5ccccc5)no4)ncnc32)cc1. The van der Waals surface area contributed by atoms with E-state index < -0.39 is 0 Å². The van der Waals surface area contributed by atoms with E-state index in [0.29, 0.717) is 11.4 Å². The highest BCUT2D eigenvalue weighted by Gasteiger charge is 2.13. The Hall–Kier alpha value is -3.52. The molecule has 8 heteroatoms. The highest BCUT2D eigenvalue weighted by Crippen LogP contribution is 2.29. The van der Waals surface area contributed by atoms with Gasteiger partial charge in [0.2, 0.25) is 0 Å². The maximum Gasteiger partial charge on any atom is 0.167 e. The van der Waals surface area contributed by atoms with Gasteiger partial charge in [-0.3, -0.25) is 0 Å². The first-order valence-corrected chi connectivity index (χ1v) is 9.85. The Morgan fingerprint density at radius 2 is 1.83 bits per heavy atom. The Morgan fingerprint density at radius 1 is 1.00 bits per heavy atom. The number of fused-ring (bicyclic) bond motifs is 1. The lowest BCUT2D eigenvalue weighted by atomic mass is 10.1. The molecule has 0 radical (unpaired) electrons. The zero-order valence-electron chi connectivity index (χ0n) is 15.1. The van der Waals surface area contributed by atoms with Gasteiger partial charge < -0.3 is 4.52 Å². The lowest BCUT2D eigenvalue weighted by Crippen LogP contribution is -1.98. The van der Waals surface area contributed by atoms with Crippen LogP contribution in [0.4, 0.5) is 4.39 Å². The number of benzene rings is 2. The van der Waals surface area contributed by atoms with Crippen LogP contribution in [0.2, 0.25) is 0 Å². The second-order valence-electron chi connectivity index (χ2n) is 6.28. The summed E-state index contributed by atoms with van der Waals surface area (Å²) in [6.07, 6.45) is 3.22. The maximum atomic E-state index is 13.2. The van der Waals surface area contributed by atoms with Crippen molar-refractivity contribution in [1.82, 2.24) is 24.9 Å². The monoisotopic (exact) mass is 403 g/mol. The van der Waals surface area contributed by atoms with Gasteiger partial charge in [0.25, 0.3) is 0 Å². The molecule has 6 nitrogen and oxygen atoms in total. The van der Waals surface area contributed by atoms with Crippen molar-refractivity contribution in [2.24, 2.45) is 0 Å². The van der Waals surface area contributed by atoms with Crippen molar-refractivity contribution in [2.75, 3.05) is 0 Å². The van der Waals surface area contributed by atoms with Crippen LogP contribution in [-0.2, 0) is 5.75 Å². The van der Waals surface area contributed by atoms with Gasteiger partial charge in [-0.05, 0) is 24.3 Å². The van der Waals surface area contributed by atoms with Crippen LogP contribution in [0.3, 0.4) is 0 Å². The van der Waals surface area contributed by atoms with Crippen LogP contribution in [0.25, 0.3) is 28.0 Å². The van der Waals surface area contributed by atoms with Crippen molar-refractivity contribution in [3.63, 3.8) is 0 Å². The molecule has 0 unspecified atom stereocenters. The summed E-state index contributed by atoms with van der Waals surface area (Å²) >= 11 is 1.52. The minimum atomic E-state index is -0.294. The van der Waals surface area contributed by atoms with Gasteiger partial charge in [0, 0.05) is 11.6 Å². The van der Waals surface area contributed by atoms with Crippen molar-refractivity contribution in [3.05, 3.63) is 84.8 Å². The standard InChI is InChI=1S/C21H14FN5OS/c22-15-6-8-16(9-7-15)27-20-18(11-25-27)21(24-13-23-20)29-12-17-10-19(26-28-17)14-4-2-1-3-5-14/h1-11,13H,12H2. The first-order valence-electron chi connectivity index (χ1n) is 8.86. The zero-order valence-corrected chi connectivity index (χ0v) is 15.9. The van der Waals surface area contributed by atoms with E-state index >= 15 is 0 Å². The van der Waals surface area contributed by atoms with E-state index in [-0.39, 0.29) is 5.82 Å². The van der Waals surface area contributed by atoms with Crippen LogP contribution in [0.15, 0.2) is 82.7 Å². The Bertz CT molecular complexity index is 1270. The third-order valence-corrected chi connectivity index (χ3v) is 5.41. The van der Waals surface area contributed by atoms with Gasteiger partial charge in [-0.25, -0.2) is 19.0 Å².